The van der Waals surface area contributed by atoms with Crippen LogP contribution < -0.4 is 4.74 Å². The lowest BCUT2D eigenvalue weighted by Crippen LogP contribution is -2.52. The third-order valence-electron chi connectivity index (χ3n) is 6.47. The van der Waals surface area contributed by atoms with Gasteiger partial charge in [-0.05, 0) is 57.1 Å². The Bertz CT molecular complexity index is 1090. The van der Waals surface area contributed by atoms with Gasteiger partial charge in [0.1, 0.15) is 23.2 Å². The Hall–Kier alpha value is -3.27. The number of fused-ring (bicyclic) bond motifs is 1. The van der Waals surface area contributed by atoms with Gasteiger partial charge in [0.05, 0.1) is 13.2 Å². The second-order valence-corrected chi connectivity index (χ2v) is 9.00. The first-order valence-corrected chi connectivity index (χ1v) is 12.0. The van der Waals surface area contributed by atoms with Gasteiger partial charge in [0.15, 0.2) is 0 Å². The number of carbonyl (C=O) groups excluding carboxylic acids is 2. The van der Waals surface area contributed by atoms with Gasteiger partial charge in [-0.1, -0.05) is 30.3 Å². The molecule has 1 heterocycles. The van der Waals surface area contributed by atoms with Crippen LogP contribution in [0.5, 0.6) is 11.5 Å². The average molecular weight is 525 g/mol. The number of carbonyl (C=O) groups is 2. The predicted octanol–water partition coefficient (Wildman–Crippen LogP) is 5.47. The van der Waals surface area contributed by atoms with E-state index in [4.69, 9.17) is 18.9 Å². The quantitative estimate of drug-likeness (QED) is 0.519. The van der Waals surface area contributed by atoms with Crippen molar-refractivity contribution in [2.75, 3.05) is 14.2 Å². The molecule has 0 aromatic heterocycles. The van der Waals surface area contributed by atoms with E-state index in [0.29, 0.717) is 31.2 Å². The zero-order valence-corrected chi connectivity index (χ0v) is 21.0. The fourth-order valence-corrected chi connectivity index (χ4v) is 4.54. The summed E-state index contributed by atoms with van der Waals surface area (Å²) in [6.07, 6.45) is -4.43. The lowest BCUT2D eigenvalue weighted by molar-refractivity contribution is -0.278. The number of methoxy groups -OCH3 is 2. The van der Waals surface area contributed by atoms with Crippen LogP contribution in [0, 0.1) is 0 Å². The highest BCUT2D eigenvalue weighted by Gasteiger charge is 2.64. The van der Waals surface area contributed by atoms with Crippen LogP contribution in [0.3, 0.4) is 0 Å². The number of phenolic OH excluding ortho intramolecular Hbond substituents is 1. The molecule has 3 atom stereocenters. The van der Waals surface area contributed by atoms with E-state index >= 15 is 0 Å². The molecular formula is C27H31F3O7. The summed E-state index contributed by atoms with van der Waals surface area (Å²) in [4.78, 5) is 26.0. The molecular weight excluding hydrogens is 493 g/mol. The molecule has 2 aromatic rings. The van der Waals surface area contributed by atoms with Crippen molar-refractivity contribution in [3.05, 3.63) is 59.2 Å². The molecule has 1 aliphatic rings. The number of phenols is 1. The molecule has 0 aliphatic carbocycles. The molecule has 1 N–H and O–H groups in total. The molecule has 1 aliphatic heterocycles. The Balaban J connectivity index is 1.85. The molecule has 0 radical (unpaired) electrons. The van der Waals surface area contributed by atoms with Crippen LogP contribution in [-0.4, -0.2) is 49.6 Å². The summed E-state index contributed by atoms with van der Waals surface area (Å²) in [5.41, 5.74) is -2.89. The highest BCUT2D eigenvalue weighted by atomic mass is 19.4. The number of benzene rings is 2. The topological polar surface area (TPSA) is 91.3 Å². The molecule has 10 heteroatoms. The van der Waals surface area contributed by atoms with E-state index in [1.54, 1.807) is 6.92 Å². The SMILES string of the molecule is COc1cc(O)cc2c1C(=O)O[C@@H](C)CC[C@H](OC(=O)[C@@](OC)(c1ccccc1)C(F)(F)F)CCCC2. The maximum atomic E-state index is 14.3. The minimum absolute atomic E-state index is 0.0701. The molecule has 0 unspecified atom stereocenters. The highest BCUT2D eigenvalue weighted by Crippen LogP contribution is 2.43. The van der Waals surface area contributed by atoms with Crippen LogP contribution in [0.15, 0.2) is 42.5 Å². The largest absolute Gasteiger partial charge is 0.508 e. The van der Waals surface area contributed by atoms with Crippen LogP contribution in [0.4, 0.5) is 13.2 Å². The summed E-state index contributed by atoms with van der Waals surface area (Å²) in [7, 11) is 2.21. The Morgan fingerprint density at radius 1 is 1.05 bits per heavy atom. The van der Waals surface area contributed by atoms with Gasteiger partial charge in [-0.15, -0.1) is 0 Å². The van der Waals surface area contributed by atoms with Crippen molar-refractivity contribution in [1.82, 2.24) is 0 Å². The first-order valence-electron chi connectivity index (χ1n) is 12.0. The fourth-order valence-electron chi connectivity index (χ4n) is 4.54. The Labute approximate surface area is 213 Å². The van der Waals surface area contributed by atoms with Gasteiger partial charge in [0.25, 0.3) is 5.60 Å². The average Bonchev–Trinajstić information content (AvgIpc) is 2.84. The van der Waals surface area contributed by atoms with Gasteiger partial charge in [0, 0.05) is 18.7 Å². The molecule has 0 saturated heterocycles. The van der Waals surface area contributed by atoms with Crippen molar-refractivity contribution in [3.63, 3.8) is 0 Å². The zero-order chi connectivity index (χ0) is 27.2. The van der Waals surface area contributed by atoms with E-state index in [1.807, 2.05) is 0 Å². The monoisotopic (exact) mass is 524 g/mol. The van der Waals surface area contributed by atoms with Crippen LogP contribution in [0.2, 0.25) is 0 Å². The van der Waals surface area contributed by atoms with Crippen LogP contribution in [0.25, 0.3) is 0 Å². The third-order valence-corrected chi connectivity index (χ3v) is 6.47. The number of rotatable bonds is 5. The van der Waals surface area contributed by atoms with Crippen molar-refractivity contribution in [1.29, 1.82) is 0 Å². The highest BCUT2D eigenvalue weighted by molar-refractivity contribution is 5.94. The fraction of sp³-hybridized carbons (Fsp3) is 0.481. The van der Waals surface area contributed by atoms with Crippen LogP contribution in [0.1, 0.15) is 60.5 Å². The van der Waals surface area contributed by atoms with Gasteiger partial charge in [-0.2, -0.15) is 13.2 Å². The number of cyclic esters (lactones) is 1. The number of aryl methyl sites for hydroxylation is 1. The smallest absolute Gasteiger partial charge is 0.432 e. The number of hydrogen-bond donors (Lipinski definition) is 1. The number of aromatic hydroxyl groups is 1. The maximum absolute atomic E-state index is 14.3. The predicted molar refractivity (Wildman–Crippen MR) is 127 cm³/mol. The molecule has 202 valence electrons. The summed E-state index contributed by atoms with van der Waals surface area (Å²) in [6.45, 7) is 1.65. The van der Waals surface area contributed by atoms with Gasteiger partial charge in [0.2, 0.25) is 0 Å². The summed E-state index contributed by atoms with van der Waals surface area (Å²) >= 11 is 0. The summed E-state index contributed by atoms with van der Waals surface area (Å²) < 4.78 is 63.9. The number of hydrogen-bond acceptors (Lipinski definition) is 7. The van der Waals surface area contributed by atoms with Crippen molar-refractivity contribution >= 4 is 11.9 Å². The molecule has 0 spiro atoms. The minimum Gasteiger partial charge on any atom is -0.508 e. The lowest BCUT2D eigenvalue weighted by atomic mass is 9.92. The number of alkyl halides is 3. The van der Waals surface area contributed by atoms with E-state index in [0.717, 1.165) is 7.11 Å². The van der Waals surface area contributed by atoms with E-state index in [-0.39, 0.29) is 35.5 Å². The normalized spacial score (nSPS) is 20.9. The number of halogens is 3. The van der Waals surface area contributed by atoms with E-state index in [1.165, 1.54) is 49.6 Å². The van der Waals surface area contributed by atoms with Crippen molar-refractivity contribution in [2.24, 2.45) is 0 Å². The Kier molecular flexibility index (Phi) is 9.07. The van der Waals surface area contributed by atoms with Crippen molar-refractivity contribution < 1.29 is 46.8 Å². The first-order chi connectivity index (χ1) is 17.5. The van der Waals surface area contributed by atoms with Gasteiger partial charge < -0.3 is 24.1 Å². The number of ether oxygens (including phenoxy) is 4. The molecule has 0 fully saturated rings. The first kappa shape index (κ1) is 28.3. The summed E-state index contributed by atoms with van der Waals surface area (Å²) in [6, 6.07) is 9.45. The zero-order valence-electron chi connectivity index (χ0n) is 21.0. The molecule has 3 rings (SSSR count). The van der Waals surface area contributed by atoms with Crippen molar-refractivity contribution in [2.45, 2.75) is 69.4 Å². The van der Waals surface area contributed by atoms with E-state index in [9.17, 15) is 27.9 Å². The molecule has 0 amide bonds. The second-order valence-electron chi connectivity index (χ2n) is 9.00. The lowest BCUT2D eigenvalue weighted by Gasteiger charge is -2.34. The summed E-state index contributed by atoms with van der Waals surface area (Å²) in [5.74, 6) is -2.05. The minimum atomic E-state index is -5.07. The van der Waals surface area contributed by atoms with E-state index in [2.05, 4.69) is 0 Å². The molecule has 7 nitrogen and oxygen atoms in total. The molecule has 0 bridgehead atoms. The Morgan fingerprint density at radius 2 is 1.76 bits per heavy atom. The number of esters is 2. The van der Waals surface area contributed by atoms with Gasteiger partial charge in [-0.25, -0.2) is 9.59 Å². The third kappa shape index (κ3) is 6.18. The van der Waals surface area contributed by atoms with Crippen molar-refractivity contribution in [3.8, 4) is 11.5 Å². The van der Waals surface area contributed by atoms with E-state index < -0.39 is 35.9 Å². The van der Waals surface area contributed by atoms with Crippen LogP contribution >= 0.6 is 0 Å². The summed E-state index contributed by atoms with van der Waals surface area (Å²) in [5, 5.41) is 10.0. The second kappa shape index (κ2) is 11.9. The van der Waals surface area contributed by atoms with Gasteiger partial charge >= 0.3 is 18.1 Å². The standard InChI is InChI=1S/C27H31F3O7/c1-17-13-14-21(37-25(33)26(35-3,27(28,29)30)19-10-5-4-6-11-19)12-8-7-9-18-15-20(31)16-22(34-2)23(18)24(32)36-17/h4-6,10-11,15-17,21,31H,7-9,12-14H2,1-3H3/t17-,21+,26-/m0/s1. The Morgan fingerprint density at radius 3 is 2.38 bits per heavy atom. The molecule has 0 saturated carbocycles. The molecule has 37 heavy (non-hydrogen) atoms. The maximum Gasteiger partial charge on any atom is 0.432 e. The van der Waals surface area contributed by atoms with Gasteiger partial charge in [-0.3, -0.25) is 0 Å². The molecule has 2 aromatic carbocycles. The van der Waals surface area contributed by atoms with Crippen LogP contribution in [-0.2, 0) is 31.0 Å².